The highest BCUT2D eigenvalue weighted by Gasteiger charge is 2.61. The van der Waals surface area contributed by atoms with Crippen molar-refractivity contribution in [2.24, 2.45) is 17.3 Å². The fourth-order valence-corrected chi connectivity index (χ4v) is 8.52. The summed E-state index contributed by atoms with van der Waals surface area (Å²) in [5.41, 5.74) is -0.596. The minimum absolute atomic E-state index is 0.0303. The highest BCUT2D eigenvalue weighted by Crippen LogP contribution is 2.65. The Balaban J connectivity index is 1.28. The average Bonchev–Trinajstić information content (AvgIpc) is 3.01. The molecule has 0 radical (unpaired) electrons. The van der Waals surface area contributed by atoms with Gasteiger partial charge in [-0.15, -0.1) is 0 Å². The van der Waals surface area contributed by atoms with Crippen LogP contribution < -0.4 is 0 Å². The van der Waals surface area contributed by atoms with Crippen molar-refractivity contribution in [3.63, 3.8) is 0 Å². The van der Waals surface area contributed by atoms with Crippen LogP contribution in [0.4, 0.5) is 13.2 Å². The Hall–Kier alpha value is -1.09. The standard InChI is InChI=1S/C20H28F3N3O2S/c1-18(2,3)26-15(8-16(24-26)20(21,22)23)17-13-6-12(7-14(13)17)25-5-4-19(9-25)10-29(27,28)11-19/h8,12-14,17H,4-7,9-11H2,1-3H3/t12-,13-,14+,17+. The van der Waals surface area contributed by atoms with Crippen LogP contribution in [0.5, 0.6) is 0 Å². The monoisotopic (exact) mass is 431 g/mol. The zero-order valence-corrected chi connectivity index (χ0v) is 17.9. The molecule has 2 aliphatic heterocycles. The highest BCUT2D eigenvalue weighted by molar-refractivity contribution is 7.92. The average molecular weight is 432 g/mol. The lowest BCUT2D eigenvalue weighted by molar-refractivity contribution is -0.141. The van der Waals surface area contributed by atoms with Crippen molar-refractivity contribution < 1.29 is 21.6 Å². The molecule has 9 heteroatoms. The Morgan fingerprint density at radius 2 is 1.76 bits per heavy atom. The molecule has 4 atom stereocenters. The molecule has 1 aromatic heterocycles. The third-order valence-electron chi connectivity index (χ3n) is 7.46. The molecule has 0 amide bonds. The summed E-state index contributed by atoms with van der Waals surface area (Å²) in [7, 11) is -2.82. The van der Waals surface area contributed by atoms with Crippen LogP contribution in [0.2, 0.25) is 0 Å². The predicted molar refractivity (Wildman–Crippen MR) is 102 cm³/mol. The topological polar surface area (TPSA) is 55.2 Å². The minimum atomic E-state index is -4.43. The molecule has 29 heavy (non-hydrogen) atoms. The van der Waals surface area contributed by atoms with Crippen molar-refractivity contribution >= 4 is 9.84 Å². The lowest BCUT2D eigenvalue weighted by Gasteiger charge is -2.38. The van der Waals surface area contributed by atoms with Crippen LogP contribution in [0.1, 0.15) is 57.3 Å². The third kappa shape index (κ3) is 3.23. The summed E-state index contributed by atoms with van der Waals surface area (Å²) < 4.78 is 64.6. The van der Waals surface area contributed by atoms with Crippen LogP contribution in [-0.2, 0) is 21.6 Å². The second-order valence-electron chi connectivity index (χ2n) is 10.8. The lowest BCUT2D eigenvalue weighted by atomic mass is 9.91. The summed E-state index contributed by atoms with van der Waals surface area (Å²) >= 11 is 0. The molecule has 1 spiro atoms. The minimum Gasteiger partial charge on any atom is -0.300 e. The number of halogens is 3. The van der Waals surface area contributed by atoms with Crippen molar-refractivity contribution in [2.45, 2.75) is 63.7 Å². The van der Waals surface area contributed by atoms with E-state index in [1.165, 1.54) is 6.07 Å². The van der Waals surface area contributed by atoms with Gasteiger partial charge in [0.25, 0.3) is 0 Å². The molecule has 162 valence electrons. The van der Waals surface area contributed by atoms with Crippen LogP contribution in [0.15, 0.2) is 6.07 Å². The van der Waals surface area contributed by atoms with Crippen LogP contribution in [0, 0.1) is 17.3 Å². The van der Waals surface area contributed by atoms with E-state index in [1.54, 1.807) is 4.68 Å². The van der Waals surface area contributed by atoms with E-state index in [0.29, 0.717) is 29.4 Å². The van der Waals surface area contributed by atoms with E-state index in [2.05, 4.69) is 10.00 Å². The first-order valence-electron chi connectivity index (χ1n) is 10.4. The number of nitrogens with zero attached hydrogens (tertiary/aromatic N) is 3. The number of sulfone groups is 1. The SMILES string of the molecule is CC(C)(C)n1nc(C(F)(F)F)cc1[C@H]1[C@@H]2C[C@@H](N3CCC4(C3)CS(=O)(=O)C4)C[C@@H]21. The second kappa shape index (κ2) is 5.78. The molecule has 5 nitrogen and oxygen atoms in total. The summed E-state index contributed by atoms with van der Waals surface area (Å²) in [6, 6.07) is 1.70. The van der Waals surface area contributed by atoms with E-state index in [1.807, 2.05) is 20.8 Å². The second-order valence-corrected chi connectivity index (χ2v) is 12.8. The van der Waals surface area contributed by atoms with Gasteiger partial charge >= 0.3 is 6.18 Å². The Labute approximate surface area is 169 Å². The van der Waals surface area contributed by atoms with Crippen molar-refractivity contribution in [3.05, 3.63) is 17.5 Å². The fraction of sp³-hybridized carbons (Fsp3) is 0.850. The molecule has 1 aromatic rings. The van der Waals surface area contributed by atoms with Crippen LogP contribution in [0.3, 0.4) is 0 Å². The zero-order valence-electron chi connectivity index (χ0n) is 17.0. The van der Waals surface area contributed by atoms with Gasteiger partial charge in [0.15, 0.2) is 15.5 Å². The van der Waals surface area contributed by atoms with E-state index in [0.717, 1.165) is 38.0 Å². The summed E-state index contributed by atoms with van der Waals surface area (Å²) in [5.74, 6) is 1.64. The summed E-state index contributed by atoms with van der Waals surface area (Å²) in [4.78, 5) is 2.44. The van der Waals surface area contributed by atoms with Gasteiger partial charge in [0.05, 0.1) is 17.0 Å². The molecule has 4 aliphatic rings. The molecule has 2 saturated heterocycles. The zero-order chi connectivity index (χ0) is 21.0. The summed E-state index contributed by atoms with van der Waals surface area (Å²) in [6.07, 6.45) is -1.48. The molecule has 0 bridgehead atoms. The van der Waals surface area contributed by atoms with E-state index < -0.39 is 27.2 Å². The lowest BCUT2D eigenvalue weighted by Crippen LogP contribution is -2.50. The molecule has 2 saturated carbocycles. The Bertz CT molecular complexity index is 923. The van der Waals surface area contributed by atoms with Crippen molar-refractivity contribution in [2.75, 3.05) is 24.6 Å². The normalized spacial score (nSPS) is 35.7. The molecule has 2 aliphatic carbocycles. The van der Waals surface area contributed by atoms with Crippen molar-refractivity contribution in [3.8, 4) is 0 Å². The molecular formula is C20H28F3N3O2S. The quantitative estimate of drug-likeness (QED) is 0.721. The van der Waals surface area contributed by atoms with Gasteiger partial charge in [0.2, 0.25) is 0 Å². The number of alkyl halides is 3. The number of likely N-dealkylation sites (tertiary alicyclic amines) is 1. The van der Waals surface area contributed by atoms with Gasteiger partial charge in [0.1, 0.15) is 0 Å². The molecule has 0 aromatic carbocycles. The predicted octanol–water partition coefficient (Wildman–Crippen LogP) is 3.27. The van der Waals surface area contributed by atoms with E-state index in [-0.39, 0.29) is 11.3 Å². The first-order valence-corrected chi connectivity index (χ1v) is 12.2. The van der Waals surface area contributed by atoms with Gasteiger partial charge in [0, 0.05) is 29.6 Å². The van der Waals surface area contributed by atoms with Gasteiger partial charge in [-0.25, -0.2) is 8.42 Å². The van der Waals surface area contributed by atoms with Crippen molar-refractivity contribution in [1.82, 2.24) is 14.7 Å². The number of fused-ring (bicyclic) bond motifs is 1. The van der Waals surface area contributed by atoms with Crippen LogP contribution in [0.25, 0.3) is 0 Å². The molecular weight excluding hydrogens is 403 g/mol. The maximum absolute atomic E-state index is 13.3. The van der Waals surface area contributed by atoms with Gasteiger partial charge in [-0.2, -0.15) is 18.3 Å². The number of hydrogen-bond donors (Lipinski definition) is 0. The summed E-state index contributed by atoms with van der Waals surface area (Å²) in [6.45, 7) is 7.48. The molecule has 5 rings (SSSR count). The Morgan fingerprint density at radius 3 is 2.28 bits per heavy atom. The molecule has 4 fully saturated rings. The molecule has 3 heterocycles. The highest BCUT2D eigenvalue weighted by atomic mass is 32.2. The van der Waals surface area contributed by atoms with Crippen molar-refractivity contribution in [1.29, 1.82) is 0 Å². The fourth-order valence-electron chi connectivity index (χ4n) is 6.27. The smallest absolute Gasteiger partial charge is 0.300 e. The summed E-state index contributed by atoms with van der Waals surface area (Å²) in [5, 5.41) is 3.91. The van der Waals surface area contributed by atoms with Gasteiger partial charge in [-0.05, 0) is 64.5 Å². The number of rotatable bonds is 2. The van der Waals surface area contributed by atoms with Crippen LogP contribution in [-0.4, -0.2) is 53.7 Å². The maximum Gasteiger partial charge on any atom is 0.435 e. The van der Waals surface area contributed by atoms with Gasteiger partial charge in [-0.3, -0.25) is 9.58 Å². The third-order valence-corrected chi connectivity index (χ3v) is 9.57. The van der Waals surface area contributed by atoms with Crippen LogP contribution >= 0.6 is 0 Å². The first kappa shape index (κ1) is 19.8. The number of aromatic nitrogens is 2. The molecule has 0 unspecified atom stereocenters. The molecule has 0 N–H and O–H groups in total. The first-order chi connectivity index (χ1) is 13.3. The Kier molecular flexibility index (Phi) is 3.96. The van der Waals surface area contributed by atoms with E-state index in [9.17, 15) is 21.6 Å². The largest absolute Gasteiger partial charge is 0.435 e. The van der Waals surface area contributed by atoms with Gasteiger partial charge in [-0.1, -0.05) is 0 Å². The maximum atomic E-state index is 13.3. The van der Waals surface area contributed by atoms with E-state index >= 15 is 0 Å². The van der Waals surface area contributed by atoms with Gasteiger partial charge < -0.3 is 0 Å². The Morgan fingerprint density at radius 1 is 1.14 bits per heavy atom. The van der Waals surface area contributed by atoms with E-state index in [4.69, 9.17) is 0 Å². The number of hydrogen-bond acceptors (Lipinski definition) is 4.